The lowest BCUT2D eigenvalue weighted by Crippen LogP contribution is -1.88. The van der Waals surface area contributed by atoms with Crippen LogP contribution in [0.15, 0.2) is 18.2 Å². The molecule has 0 amide bonds. The normalized spacial score (nSPS) is 13.4. The Bertz CT molecular complexity index is 471. The first-order chi connectivity index (χ1) is 6.58. The van der Waals surface area contributed by atoms with E-state index >= 15 is 0 Å². The number of rotatable bonds is 1. The topological polar surface area (TPSA) is 41.8 Å². The van der Waals surface area contributed by atoms with Crippen LogP contribution >= 0.6 is 9.24 Å². The number of anilines is 1. The minimum atomic E-state index is 0.476. The number of benzene rings is 1. The van der Waals surface area contributed by atoms with E-state index in [2.05, 4.69) is 40.2 Å². The smallest absolute Gasteiger partial charge is 0.101 e. The van der Waals surface area contributed by atoms with Gasteiger partial charge in [-0.1, -0.05) is 6.92 Å². The third-order valence-corrected chi connectivity index (χ3v) is 2.88. The Morgan fingerprint density at radius 2 is 2.07 bits per heavy atom. The van der Waals surface area contributed by atoms with Crippen LogP contribution in [0.4, 0.5) is 5.82 Å². The molecule has 0 spiro atoms. The molecule has 1 heterocycles. The van der Waals surface area contributed by atoms with Crippen LogP contribution in [0.5, 0.6) is 0 Å². The van der Waals surface area contributed by atoms with Gasteiger partial charge in [0.1, 0.15) is 5.82 Å². The highest BCUT2D eigenvalue weighted by Crippen LogP contribution is 2.29. The average Bonchev–Trinajstić information content (AvgIpc) is 2.42. The predicted molar refractivity (Wildman–Crippen MR) is 65.6 cm³/mol. The fourth-order valence-corrected chi connectivity index (χ4v) is 2.18. The average molecular weight is 206 g/mol. The summed E-state index contributed by atoms with van der Waals surface area (Å²) in [6.45, 7) is 4.31. The molecule has 1 aromatic heterocycles. The van der Waals surface area contributed by atoms with Gasteiger partial charge in [0.25, 0.3) is 0 Å². The summed E-state index contributed by atoms with van der Waals surface area (Å²) in [5, 5.41) is 1.19. The number of aromatic amines is 1. The highest BCUT2D eigenvalue weighted by Gasteiger charge is 2.06. The van der Waals surface area contributed by atoms with Gasteiger partial charge in [-0.3, -0.25) is 0 Å². The molecular weight excluding hydrogens is 191 g/mol. The molecule has 14 heavy (non-hydrogen) atoms. The molecule has 2 unspecified atom stereocenters. The van der Waals surface area contributed by atoms with Crippen molar-refractivity contribution in [1.82, 2.24) is 4.98 Å². The van der Waals surface area contributed by atoms with Crippen molar-refractivity contribution in [3.05, 3.63) is 29.3 Å². The number of aromatic nitrogens is 1. The Kier molecular flexibility index (Phi) is 2.24. The molecule has 0 saturated carbocycles. The van der Waals surface area contributed by atoms with Crippen molar-refractivity contribution in [1.29, 1.82) is 0 Å². The van der Waals surface area contributed by atoms with E-state index in [1.807, 2.05) is 6.07 Å². The first-order valence-electron chi connectivity index (χ1n) is 4.72. The van der Waals surface area contributed by atoms with Crippen LogP contribution in [0.2, 0.25) is 0 Å². The van der Waals surface area contributed by atoms with E-state index in [9.17, 15) is 0 Å². The Balaban J connectivity index is 2.70. The lowest BCUT2D eigenvalue weighted by atomic mass is 10.0. The van der Waals surface area contributed by atoms with Crippen LogP contribution in [0.3, 0.4) is 0 Å². The molecule has 2 rings (SSSR count). The third-order valence-electron chi connectivity index (χ3n) is 2.52. The Morgan fingerprint density at radius 3 is 2.71 bits per heavy atom. The Morgan fingerprint density at radius 1 is 1.36 bits per heavy atom. The van der Waals surface area contributed by atoms with Crippen molar-refractivity contribution in [3.63, 3.8) is 0 Å². The summed E-state index contributed by atoms with van der Waals surface area (Å²) in [5.74, 6) is 0.730. The summed E-state index contributed by atoms with van der Waals surface area (Å²) in [6.07, 6.45) is 0. The Labute approximate surface area is 86.1 Å². The van der Waals surface area contributed by atoms with Crippen LogP contribution in [0, 0.1) is 6.92 Å². The zero-order valence-corrected chi connectivity index (χ0v) is 9.62. The van der Waals surface area contributed by atoms with Crippen LogP contribution in [-0.2, 0) is 0 Å². The van der Waals surface area contributed by atoms with Crippen molar-refractivity contribution in [3.8, 4) is 0 Å². The van der Waals surface area contributed by atoms with Crippen LogP contribution in [-0.4, -0.2) is 4.98 Å². The van der Waals surface area contributed by atoms with Gasteiger partial charge in [0.2, 0.25) is 0 Å². The monoisotopic (exact) mass is 206 g/mol. The van der Waals surface area contributed by atoms with Crippen molar-refractivity contribution in [2.75, 3.05) is 5.73 Å². The van der Waals surface area contributed by atoms with Gasteiger partial charge in [0.15, 0.2) is 0 Å². The summed E-state index contributed by atoms with van der Waals surface area (Å²) in [4.78, 5) is 3.15. The zero-order chi connectivity index (χ0) is 10.3. The van der Waals surface area contributed by atoms with Gasteiger partial charge in [-0.25, -0.2) is 0 Å². The van der Waals surface area contributed by atoms with Crippen molar-refractivity contribution >= 4 is 26.0 Å². The molecule has 0 aliphatic heterocycles. The molecule has 0 fully saturated rings. The highest BCUT2D eigenvalue weighted by molar-refractivity contribution is 7.17. The minimum Gasteiger partial charge on any atom is -0.385 e. The summed E-state index contributed by atoms with van der Waals surface area (Å²) in [5.41, 5.74) is 9.97. The third kappa shape index (κ3) is 1.51. The predicted octanol–water partition coefficient (Wildman–Crippen LogP) is 2.99. The van der Waals surface area contributed by atoms with Crippen molar-refractivity contribution in [2.45, 2.75) is 19.5 Å². The number of nitrogens with two attached hydrogens (primary N) is 1. The number of nitrogens with one attached hydrogen (secondary N) is 1. The fraction of sp³-hybridized carbons (Fsp3) is 0.273. The van der Waals surface area contributed by atoms with E-state index in [0.717, 1.165) is 11.3 Å². The molecule has 2 atom stereocenters. The number of nitrogen functional groups attached to an aromatic ring is 1. The molecule has 2 nitrogen and oxygen atoms in total. The number of H-pyrrole nitrogens is 1. The van der Waals surface area contributed by atoms with Crippen LogP contribution < -0.4 is 5.73 Å². The summed E-state index contributed by atoms with van der Waals surface area (Å²) in [7, 11) is 2.82. The van der Waals surface area contributed by atoms with E-state index in [1.165, 1.54) is 16.5 Å². The van der Waals surface area contributed by atoms with E-state index in [4.69, 9.17) is 5.73 Å². The Hall–Kier alpha value is -1.01. The van der Waals surface area contributed by atoms with Gasteiger partial charge < -0.3 is 10.7 Å². The van der Waals surface area contributed by atoms with E-state index < -0.39 is 0 Å². The van der Waals surface area contributed by atoms with Crippen LogP contribution in [0.25, 0.3) is 10.9 Å². The second kappa shape index (κ2) is 3.29. The second-order valence-electron chi connectivity index (χ2n) is 3.81. The van der Waals surface area contributed by atoms with Gasteiger partial charge in [0.05, 0.1) is 0 Å². The highest BCUT2D eigenvalue weighted by atomic mass is 31.0. The molecule has 74 valence electrons. The SMILES string of the molecule is Cc1cc2cc(N)[nH]c2cc1C(C)P. The van der Waals surface area contributed by atoms with E-state index in [-0.39, 0.29) is 0 Å². The first kappa shape index (κ1) is 9.54. The van der Waals surface area contributed by atoms with Gasteiger partial charge in [-0.05, 0) is 41.9 Å². The van der Waals surface area contributed by atoms with Gasteiger partial charge >= 0.3 is 0 Å². The number of fused-ring (bicyclic) bond motifs is 1. The quantitative estimate of drug-likeness (QED) is 0.692. The molecule has 1 aromatic carbocycles. The molecule has 0 aliphatic carbocycles. The number of hydrogen-bond donors (Lipinski definition) is 2. The molecular formula is C11H15N2P. The minimum absolute atomic E-state index is 0.476. The lowest BCUT2D eigenvalue weighted by Gasteiger charge is -2.09. The van der Waals surface area contributed by atoms with Gasteiger partial charge in [-0.15, -0.1) is 9.24 Å². The van der Waals surface area contributed by atoms with E-state index in [1.54, 1.807) is 0 Å². The zero-order valence-electron chi connectivity index (χ0n) is 8.46. The fourth-order valence-electron chi connectivity index (χ4n) is 1.82. The maximum absolute atomic E-state index is 5.71. The second-order valence-corrected chi connectivity index (χ2v) is 4.81. The molecule has 0 saturated heterocycles. The van der Waals surface area contributed by atoms with Crippen molar-refractivity contribution < 1.29 is 0 Å². The van der Waals surface area contributed by atoms with Crippen molar-refractivity contribution in [2.24, 2.45) is 0 Å². The molecule has 0 radical (unpaired) electrons. The first-order valence-corrected chi connectivity index (χ1v) is 5.39. The lowest BCUT2D eigenvalue weighted by molar-refractivity contribution is 1.08. The van der Waals surface area contributed by atoms with Gasteiger partial charge in [0, 0.05) is 10.9 Å². The maximum Gasteiger partial charge on any atom is 0.101 e. The molecule has 0 bridgehead atoms. The summed E-state index contributed by atoms with van der Waals surface area (Å²) < 4.78 is 0. The molecule has 3 heteroatoms. The largest absolute Gasteiger partial charge is 0.385 e. The van der Waals surface area contributed by atoms with Crippen LogP contribution in [0.1, 0.15) is 23.7 Å². The van der Waals surface area contributed by atoms with Gasteiger partial charge in [-0.2, -0.15) is 0 Å². The molecule has 2 aromatic rings. The number of hydrogen-bond acceptors (Lipinski definition) is 1. The summed E-state index contributed by atoms with van der Waals surface area (Å²) >= 11 is 0. The number of aryl methyl sites for hydroxylation is 1. The summed E-state index contributed by atoms with van der Waals surface area (Å²) in [6, 6.07) is 6.33. The maximum atomic E-state index is 5.71. The van der Waals surface area contributed by atoms with E-state index in [0.29, 0.717) is 5.66 Å². The molecule has 0 aliphatic rings. The molecule has 3 N–H and O–H groups in total. The standard InChI is InChI=1S/C11H15N2P/c1-6-3-8-4-11(12)13-10(8)5-9(6)7(2)14/h3-5,7,13H,12,14H2,1-2H3.